The first-order valence-electron chi connectivity index (χ1n) is 12.2. The number of hydrogen-bond donors (Lipinski definition) is 1. The number of ether oxygens (including phenoxy) is 3. The van der Waals surface area contributed by atoms with Crippen molar-refractivity contribution < 1.29 is 23.9 Å². The average molecular weight is 439 g/mol. The fraction of sp³-hybridized carbons (Fsp3) is 0.731. The summed E-state index contributed by atoms with van der Waals surface area (Å²) in [5.74, 6) is -0.116. The maximum atomic E-state index is 11.7. The molecule has 0 aliphatic rings. The SMILES string of the molecule is CC/C=C\C/C=C\C/C=C\CCCCCCCC(=O)OCCOCCOCC[NH+](C)C. The second kappa shape index (κ2) is 24.8. The van der Waals surface area contributed by atoms with Crippen LogP contribution in [0, 0.1) is 0 Å². The molecule has 0 atom stereocenters. The van der Waals surface area contributed by atoms with Gasteiger partial charge in [-0.25, -0.2) is 0 Å². The average Bonchev–Trinajstić information content (AvgIpc) is 2.75. The van der Waals surface area contributed by atoms with Gasteiger partial charge in [-0.05, 0) is 38.5 Å². The molecule has 0 aromatic heterocycles. The number of rotatable bonds is 22. The smallest absolute Gasteiger partial charge is 0.305 e. The van der Waals surface area contributed by atoms with Gasteiger partial charge in [0.15, 0.2) is 0 Å². The third-order valence-corrected chi connectivity index (χ3v) is 4.64. The summed E-state index contributed by atoms with van der Waals surface area (Å²) >= 11 is 0. The molecule has 0 saturated carbocycles. The number of likely N-dealkylation sites (N-methyl/N-ethyl adjacent to an activating group) is 1. The maximum absolute atomic E-state index is 11.7. The molecule has 0 amide bonds. The molecule has 0 heterocycles. The molecule has 0 aliphatic carbocycles. The number of esters is 1. The Bertz CT molecular complexity index is 472. The van der Waals surface area contributed by atoms with Crippen molar-refractivity contribution >= 4 is 5.97 Å². The molecule has 180 valence electrons. The Labute approximate surface area is 191 Å². The first-order valence-corrected chi connectivity index (χ1v) is 12.2. The lowest BCUT2D eigenvalue weighted by atomic mass is 10.1. The van der Waals surface area contributed by atoms with Crippen molar-refractivity contribution in [1.29, 1.82) is 0 Å². The van der Waals surface area contributed by atoms with Crippen LogP contribution in [0.1, 0.15) is 71.1 Å². The fourth-order valence-electron chi connectivity index (χ4n) is 2.77. The molecule has 0 aromatic carbocycles. The standard InChI is InChI=1S/C26H47NO4/c1-4-5-6-7-8-9-10-11-12-13-14-15-16-17-18-19-26(28)31-25-24-30-23-22-29-21-20-27(2)3/h5-6,8-9,11-12H,4,7,10,13-25H2,1-3H3/p+1/b6-5-,9-8-,12-11-. The molecule has 0 unspecified atom stereocenters. The third-order valence-electron chi connectivity index (χ3n) is 4.64. The van der Waals surface area contributed by atoms with Gasteiger partial charge in [-0.15, -0.1) is 0 Å². The molecule has 0 aliphatic heterocycles. The molecule has 5 heteroatoms. The highest BCUT2D eigenvalue weighted by atomic mass is 16.6. The van der Waals surface area contributed by atoms with Crippen LogP contribution in [0.3, 0.4) is 0 Å². The minimum atomic E-state index is -0.116. The number of carbonyl (C=O) groups is 1. The topological polar surface area (TPSA) is 49.2 Å². The molecule has 1 N–H and O–H groups in total. The Morgan fingerprint density at radius 1 is 0.710 bits per heavy atom. The van der Waals surface area contributed by atoms with Crippen molar-refractivity contribution in [1.82, 2.24) is 0 Å². The predicted octanol–water partition coefficient (Wildman–Crippen LogP) is 4.30. The van der Waals surface area contributed by atoms with Gasteiger partial charge in [0.2, 0.25) is 0 Å². The predicted molar refractivity (Wildman–Crippen MR) is 130 cm³/mol. The van der Waals surface area contributed by atoms with Gasteiger partial charge in [0, 0.05) is 6.42 Å². The van der Waals surface area contributed by atoms with Crippen molar-refractivity contribution in [3.63, 3.8) is 0 Å². The molecular formula is C26H48NO4+. The lowest BCUT2D eigenvalue weighted by Crippen LogP contribution is -3.06. The molecule has 31 heavy (non-hydrogen) atoms. The summed E-state index contributed by atoms with van der Waals surface area (Å²) in [4.78, 5) is 13.1. The van der Waals surface area contributed by atoms with Crippen molar-refractivity contribution in [2.75, 3.05) is 53.7 Å². The largest absolute Gasteiger partial charge is 0.463 e. The second-order valence-corrected chi connectivity index (χ2v) is 8.00. The van der Waals surface area contributed by atoms with Gasteiger partial charge in [0.25, 0.3) is 0 Å². The molecule has 0 rings (SSSR count). The molecule has 0 bridgehead atoms. The number of carbonyl (C=O) groups excluding carboxylic acids is 1. The summed E-state index contributed by atoms with van der Waals surface area (Å²) in [6, 6.07) is 0. The van der Waals surface area contributed by atoms with Gasteiger partial charge in [-0.1, -0.05) is 62.6 Å². The maximum Gasteiger partial charge on any atom is 0.305 e. The quantitative estimate of drug-likeness (QED) is 0.156. The van der Waals surface area contributed by atoms with Crippen LogP contribution in [0.4, 0.5) is 0 Å². The highest BCUT2D eigenvalue weighted by molar-refractivity contribution is 5.69. The molecule has 0 aromatic rings. The van der Waals surface area contributed by atoms with E-state index in [2.05, 4.69) is 57.5 Å². The summed E-state index contributed by atoms with van der Waals surface area (Å²) in [6.07, 6.45) is 23.9. The molecular weight excluding hydrogens is 390 g/mol. The summed E-state index contributed by atoms with van der Waals surface area (Å²) in [5.41, 5.74) is 0. The normalized spacial score (nSPS) is 12.1. The van der Waals surface area contributed by atoms with E-state index in [1.54, 1.807) is 0 Å². The van der Waals surface area contributed by atoms with E-state index in [0.29, 0.717) is 32.8 Å². The van der Waals surface area contributed by atoms with Gasteiger partial charge >= 0.3 is 5.97 Å². The fourth-order valence-corrected chi connectivity index (χ4v) is 2.77. The van der Waals surface area contributed by atoms with Crippen molar-refractivity contribution in [3.8, 4) is 0 Å². The van der Waals surface area contributed by atoms with Crippen LogP contribution in [0.25, 0.3) is 0 Å². The van der Waals surface area contributed by atoms with Crippen LogP contribution in [0.2, 0.25) is 0 Å². The van der Waals surface area contributed by atoms with Crippen LogP contribution in [-0.2, 0) is 19.0 Å². The van der Waals surface area contributed by atoms with Gasteiger partial charge in [-0.2, -0.15) is 0 Å². The van der Waals surface area contributed by atoms with Gasteiger partial charge in [-0.3, -0.25) is 4.79 Å². The highest BCUT2D eigenvalue weighted by Gasteiger charge is 2.02. The van der Waals surface area contributed by atoms with Crippen LogP contribution >= 0.6 is 0 Å². The lowest BCUT2D eigenvalue weighted by Gasteiger charge is -2.08. The number of nitrogens with one attached hydrogen (secondary N) is 1. The van der Waals surface area contributed by atoms with E-state index in [1.807, 2.05) is 0 Å². The van der Waals surface area contributed by atoms with Gasteiger partial charge in [0.1, 0.15) is 13.2 Å². The summed E-state index contributed by atoms with van der Waals surface area (Å²) in [6.45, 7) is 5.79. The van der Waals surface area contributed by atoms with Crippen molar-refractivity contribution in [2.45, 2.75) is 71.1 Å². The Morgan fingerprint density at radius 3 is 2.00 bits per heavy atom. The zero-order chi connectivity index (χ0) is 22.8. The Hall–Kier alpha value is -1.43. The third kappa shape index (κ3) is 26.5. The van der Waals surface area contributed by atoms with E-state index >= 15 is 0 Å². The number of unbranched alkanes of at least 4 members (excludes halogenated alkanes) is 5. The molecule has 5 nitrogen and oxygen atoms in total. The minimum Gasteiger partial charge on any atom is -0.463 e. The van der Waals surface area contributed by atoms with Crippen LogP contribution in [-0.4, -0.2) is 59.6 Å². The van der Waals surface area contributed by atoms with Crippen molar-refractivity contribution in [2.24, 2.45) is 0 Å². The van der Waals surface area contributed by atoms with Crippen molar-refractivity contribution in [3.05, 3.63) is 36.5 Å². The van der Waals surface area contributed by atoms with Crippen LogP contribution < -0.4 is 4.90 Å². The van der Waals surface area contributed by atoms with E-state index in [-0.39, 0.29) is 5.97 Å². The van der Waals surface area contributed by atoms with Crippen LogP contribution in [0.5, 0.6) is 0 Å². The lowest BCUT2D eigenvalue weighted by molar-refractivity contribution is -0.858. The zero-order valence-corrected chi connectivity index (χ0v) is 20.4. The second-order valence-electron chi connectivity index (χ2n) is 8.00. The number of allylic oxidation sites excluding steroid dienone is 6. The van der Waals surface area contributed by atoms with E-state index in [0.717, 1.165) is 51.7 Å². The number of quaternary nitrogens is 1. The van der Waals surface area contributed by atoms with E-state index < -0.39 is 0 Å². The highest BCUT2D eigenvalue weighted by Crippen LogP contribution is 2.08. The first-order chi connectivity index (χ1) is 15.2. The molecule has 0 saturated heterocycles. The first kappa shape index (κ1) is 29.6. The van der Waals surface area contributed by atoms with Gasteiger partial charge < -0.3 is 19.1 Å². The molecule has 0 radical (unpaired) electrons. The van der Waals surface area contributed by atoms with Crippen LogP contribution in [0.15, 0.2) is 36.5 Å². The van der Waals surface area contributed by atoms with E-state index in [1.165, 1.54) is 24.2 Å². The summed E-state index contributed by atoms with van der Waals surface area (Å²) < 4.78 is 16.0. The van der Waals surface area contributed by atoms with Gasteiger partial charge in [0.05, 0.1) is 40.5 Å². The summed E-state index contributed by atoms with van der Waals surface area (Å²) in [7, 11) is 4.20. The zero-order valence-electron chi connectivity index (χ0n) is 20.4. The minimum absolute atomic E-state index is 0.116. The number of hydrogen-bond acceptors (Lipinski definition) is 4. The monoisotopic (exact) mass is 438 g/mol. The Balaban J connectivity index is 3.29. The summed E-state index contributed by atoms with van der Waals surface area (Å²) in [5, 5.41) is 0. The van der Waals surface area contributed by atoms with E-state index in [9.17, 15) is 4.79 Å². The Kier molecular flexibility index (Phi) is 23.7. The molecule has 0 spiro atoms. The van der Waals surface area contributed by atoms with E-state index in [4.69, 9.17) is 14.2 Å². The molecule has 0 fully saturated rings. The Morgan fingerprint density at radius 2 is 1.29 bits per heavy atom.